The fraction of sp³-hybridized carbons (Fsp3) is 0.208. The second kappa shape index (κ2) is 10.7. The van der Waals surface area contributed by atoms with Crippen LogP contribution in [0.2, 0.25) is 0 Å². The molecule has 0 unspecified atom stereocenters. The van der Waals surface area contributed by atoms with Crippen LogP contribution in [-0.4, -0.2) is 35.9 Å². The average molecular weight is 453 g/mol. The molecule has 166 valence electrons. The highest BCUT2D eigenvalue weighted by Crippen LogP contribution is 2.36. The summed E-state index contributed by atoms with van der Waals surface area (Å²) in [6.45, 7) is 5.34. The summed E-state index contributed by atoms with van der Waals surface area (Å²) in [6.07, 6.45) is 4.82. The molecule has 2 N–H and O–H groups in total. The molecule has 1 fully saturated rings. The molecule has 0 aromatic heterocycles. The molecule has 1 aliphatic heterocycles. The largest absolute Gasteiger partial charge is 0.493 e. The number of nitrogens with zero attached hydrogens (tertiary/aromatic N) is 1. The van der Waals surface area contributed by atoms with Crippen molar-refractivity contribution in [2.45, 2.75) is 19.8 Å². The minimum absolute atomic E-state index is 0.241. The summed E-state index contributed by atoms with van der Waals surface area (Å²) in [5.74, 6) is -0.601. The first-order valence-electron chi connectivity index (χ1n) is 9.98. The van der Waals surface area contributed by atoms with E-state index in [9.17, 15) is 9.59 Å². The third-order valence-corrected chi connectivity index (χ3v) is 5.51. The molecule has 32 heavy (non-hydrogen) atoms. The monoisotopic (exact) mass is 452 g/mol. The molecule has 2 aromatic rings. The van der Waals surface area contributed by atoms with E-state index in [2.05, 4.69) is 23.8 Å². The lowest BCUT2D eigenvalue weighted by Crippen LogP contribution is -2.19. The number of benzene rings is 2. The number of carbonyl (C=O) groups is 2. The van der Waals surface area contributed by atoms with E-state index >= 15 is 0 Å². The Kier molecular flexibility index (Phi) is 7.72. The number of amidine groups is 1. The fourth-order valence-corrected chi connectivity index (χ4v) is 3.92. The van der Waals surface area contributed by atoms with Crippen molar-refractivity contribution >= 4 is 40.6 Å². The smallest absolute Gasteiger partial charge is 0.341 e. The van der Waals surface area contributed by atoms with E-state index in [4.69, 9.17) is 14.6 Å². The summed E-state index contributed by atoms with van der Waals surface area (Å²) in [6, 6.07) is 11.4. The predicted molar refractivity (Wildman–Crippen MR) is 127 cm³/mol. The summed E-state index contributed by atoms with van der Waals surface area (Å²) >= 11 is 1.25. The van der Waals surface area contributed by atoms with Crippen molar-refractivity contribution in [1.82, 2.24) is 5.32 Å². The number of allylic oxidation sites excluding steroid dienone is 1. The van der Waals surface area contributed by atoms with E-state index in [0.717, 1.165) is 12.1 Å². The van der Waals surface area contributed by atoms with Gasteiger partial charge in [-0.25, -0.2) is 9.79 Å². The number of methoxy groups -OCH3 is 1. The van der Waals surface area contributed by atoms with Crippen molar-refractivity contribution < 1.29 is 24.2 Å². The van der Waals surface area contributed by atoms with Crippen molar-refractivity contribution in [1.29, 1.82) is 0 Å². The maximum Gasteiger partial charge on any atom is 0.341 e. The molecule has 0 aliphatic carbocycles. The van der Waals surface area contributed by atoms with Gasteiger partial charge in [0.2, 0.25) is 0 Å². The highest BCUT2D eigenvalue weighted by atomic mass is 32.2. The number of rotatable bonds is 9. The van der Waals surface area contributed by atoms with Crippen molar-refractivity contribution in [2.24, 2.45) is 4.99 Å². The van der Waals surface area contributed by atoms with Gasteiger partial charge in [0, 0.05) is 5.56 Å². The summed E-state index contributed by atoms with van der Waals surface area (Å²) in [5.41, 5.74) is 3.41. The van der Waals surface area contributed by atoms with Crippen molar-refractivity contribution in [3.63, 3.8) is 0 Å². The van der Waals surface area contributed by atoms with Gasteiger partial charge in [0.05, 0.1) is 17.7 Å². The first-order valence-corrected chi connectivity index (χ1v) is 10.8. The number of aliphatic carboxylic acids is 1. The molecule has 3 rings (SSSR count). The highest BCUT2D eigenvalue weighted by molar-refractivity contribution is 8.18. The van der Waals surface area contributed by atoms with Crippen LogP contribution < -0.4 is 14.8 Å². The molecule has 1 amide bonds. The van der Waals surface area contributed by atoms with Crippen LogP contribution in [0.4, 0.5) is 5.69 Å². The maximum absolute atomic E-state index is 12.5. The fourth-order valence-electron chi connectivity index (χ4n) is 3.08. The minimum atomic E-state index is -1.09. The maximum atomic E-state index is 12.5. The molecule has 0 atom stereocenters. The SMILES string of the molecule is C=CCc1cc(/C=C2\SC(=Nc3ccc(CC)cc3)NC2=O)cc(OC)c1OCC(=O)O. The average Bonchev–Trinajstić information content (AvgIpc) is 3.11. The van der Waals surface area contributed by atoms with Crippen molar-refractivity contribution in [2.75, 3.05) is 13.7 Å². The highest BCUT2D eigenvalue weighted by Gasteiger charge is 2.24. The third kappa shape index (κ3) is 5.79. The number of hydrogen-bond acceptors (Lipinski definition) is 6. The van der Waals surface area contributed by atoms with Crippen LogP contribution >= 0.6 is 11.8 Å². The molecule has 1 saturated heterocycles. The first kappa shape index (κ1) is 23.1. The second-order valence-corrected chi connectivity index (χ2v) is 7.92. The van der Waals surface area contributed by atoms with E-state index in [1.54, 1.807) is 18.2 Å². The number of ether oxygens (including phenoxy) is 2. The van der Waals surface area contributed by atoms with Gasteiger partial charge in [0.15, 0.2) is 23.3 Å². The Hall–Kier alpha value is -3.52. The standard InChI is InChI=1S/C24H24N2O5S/c1-4-6-17-11-16(12-19(30-3)22(17)31-14-21(27)28)13-20-23(29)26-24(32-20)25-18-9-7-15(5-2)8-10-18/h4,7-13H,1,5-6,14H2,2-3H3,(H,27,28)(H,25,26,29)/b20-13-. The van der Waals surface area contributed by atoms with Crippen LogP contribution in [0, 0.1) is 0 Å². The lowest BCUT2D eigenvalue weighted by molar-refractivity contribution is -0.139. The second-order valence-electron chi connectivity index (χ2n) is 6.89. The molecular formula is C24H24N2O5S. The molecule has 1 aliphatic rings. The molecule has 0 saturated carbocycles. The number of aryl methyl sites for hydroxylation is 1. The molecule has 0 spiro atoms. The van der Waals surface area contributed by atoms with Gasteiger partial charge in [-0.3, -0.25) is 4.79 Å². The Morgan fingerprint density at radius 1 is 1.28 bits per heavy atom. The van der Waals surface area contributed by atoms with Crippen LogP contribution in [0.3, 0.4) is 0 Å². The van der Waals surface area contributed by atoms with Crippen LogP contribution in [0.25, 0.3) is 6.08 Å². The summed E-state index contributed by atoms with van der Waals surface area (Å²) < 4.78 is 10.8. The van der Waals surface area contributed by atoms with E-state index in [1.165, 1.54) is 24.4 Å². The molecule has 1 heterocycles. The van der Waals surface area contributed by atoms with E-state index in [0.29, 0.717) is 39.1 Å². The van der Waals surface area contributed by atoms with Gasteiger partial charge in [-0.1, -0.05) is 25.1 Å². The number of carboxylic acid groups (broad SMARTS) is 1. The van der Waals surface area contributed by atoms with Gasteiger partial charge in [0.25, 0.3) is 5.91 Å². The number of carboxylic acids is 1. The van der Waals surface area contributed by atoms with E-state index < -0.39 is 12.6 Å². The van der Waals surface area contributed by atoms with Crippen molar-refractivity contribution in [3.8, 4) is 11.5 Å². The van der Waals surface area contributed by atoms with Gasteiger partial charge in [0.1, 0.15) is 0 Å². The quantitative estimate of drug-likeness (QED) is 0.434. The summed E-state index contributed by atoms with van der Waals surface area (Å²) in [7, 11) is 1.48. The van der Waals surface area contributed by atoms with Crippen LogP contribution in [0.5, 0.6) is 11.5 Å². The Morgan fingerprint density at radius 2 is 2.03 bits per heavy atom. The van der Waals surface area contributed by atoms with Gasteiger partial charge in [-0.2, -0.15) is 0 Å². The van der Waals surface area contributed by atoms with E-state index in [-0.39, 0.29) is 5.91 Å². The molecule has 2 aromatic carbocycles. The normalized spacial score (nSPS) is 15.6. The van der Waals surface area contributed by atoms with Gasteiger partial charge in [-0.15, -0.1) is 6.58 Å². The third-order valence-electron chi connectivity index (χ3n) is 4.60. The zero-order valence-corrected chi connectivity index (χ0v) is 18.7. The number of aliphatic imine (C=N–C) groups is 1. The number of carbonyl (C=O) groups excluding carboxylic acids is 1. The molecule has 8 heteroatoms. The number of thioether (sulfide) groups is 1. The predicted octanol–water partition coefficient (Wildman–Crippen LogP) is 4.34. The van der Waals surface area contributed by atoms with Gasteiger partial charge in [-0.05, 0) is 66.1 Å². The Labute approximate surface area is 190 Å². The van der Waals surface area contributed by atoms with Crippen LogP contribution in [0.1, 0.15) is 23.6 Å². The van der Waals surface area contributed by atoms with Crippen LogP contribution in [0.15, 0.2) is 59.0 Å². The molecule has 7 nitrogen and oxygen atoms in total. The summed E-state index contributed by atoms with van der Waals surface area (Å²) in [5, 5.41) is 12.2. The van der Waals surface area contributed by atoms with Crippen LogP contribution in [-0.2, 0) is 22.4 Å². The lowest BCUT2D eigenvalue weighted by atomic mass is 10.0. The minimum Gasteiger partial charge on any atom is -0.493 e. The molecule has 0 bridgehead atoms. The van der Waals surface area contributed by atoms with Gasteiger partial charge < -0.3 is 19.9 Å². The first-order chi connectivity index (χ1) is 15.4. The van der Waals surface area contributed by atoms with E-state index in [1.807, 2.05) is 30.3 Å². The zero-order valence-electron chi connectivity index (χ0n) is 17.9. The Bertz CT molecular complexity index is 1090. The van der Waals surface area contributed by atoms with Crippen molar-refractivity contribution in [3.05, 3.63) is 70.6 Å². The zero-order chi connectivity index (χ0) is 23.1. The Morgan fingerprint density at radius 3 is 2.66 bits per heavy atom. The molecular weight excluding hydrogens is 428 g/mol. The van der Waals surface area contributed by atoms with Gasteiger partial charge >= 0.3 is 5.97 Å². The number of amides is 1. The Balaban J connectivity index is 1.88. The molecule has 0 radical (unpaired) electrons. The summed E-state index contributed by atoms with van der Waals surface area (Å²) in [4.78, 5) is 28.4. The number of nitrogens with one attached hydrogen (secondary N) is 1. The number of hydrogen-bond donors (Lipinski definition) is 2. The lowest BCUT2D eigenvalue weighted by Gasteiger charge is -2.14. The topological polar surface area (TPSA) is 97.2 Å².